The maximum absolute atomic E-state index is 12.5. The highest BCUT2D eigenvalue weighted by Gasteiger charge is 2.53. The molecule has 1 aromatic rings. The number of carbonyl (C=O) groups is 2. The Hall–Kier alpha value is -2.54. The maximum atomic E-state index is 12.5. The second-order valence-corrected chi connectivity index (χ2v) is 5.40. The summed E-state index contributed by atoms with van der Waals surface area (Å²) < 4.78 is 15.8. The molecule has 122 valence electrons. The third kappa shape index (κ3) is 2.63. The molecular weight excluding hydrogens is 302 g/mol. The first-order valence-corrected chi connectivity index (χ1v) is 7.14. The van der Waals surface area contributed by atoms with Crippen molar-refractivity contribution in [1.29, 1.82) is 0 Å². The van der Waals surface area contributed by atoms with E-state index in [4.69, 9.17) is 14.2 Å². The average Bonchev–Trinajstić information content (AvgIpc) is 3.15. The minimum absolute atomic E-state index is 0.388. The first-order valence-electron chi connectivity index (χ1n) is 7.14. The van der Waals surface area contributed by atoms with Gasteiger partial charge in [0.15, 0.2) is 11.5 Å². The van der Waals surface area contributed by atoms with Gasteiger partial charge in [-0.15, -0.1) is 0 Å². The van der Waals surface area contributed by atoms with Crippen molar-refractivity contribution < 1.29 is 28.9 Å². The highest BCUT2D eigenvalue weighted by atomic mass is 16.5. The molecule has 2 bridgehead atoms. The standard InChI is InChI=1S/C16H17NO6/c1-21-9-4-3-8(7-12(9)22-2)17-15(18)13-10-5-6-11(23-10)14(13)16(19)20/h3-7,10-11,13-14H,1-2H3,(H,17,18)(H,19,20)/t10-,11-,13-,14+/m1/s1. The third-order valence-electron chi connectivity index (χ3n) is 4.14. The first kappa shape index (κ1) is 15.4. The largest absolute Gasteiger partial charge is 0.493 e. The SMILES string of the molecule is COc1ccc(NC(=O)[C@H]2[C@@H](C(=O)O)[C@H]3C=C[C@H]2O3)cc1OC. The van der Waals surface area contributed by atoms with Crippen LogP contribution in [-0.4, -0.2) is 43.4 Å². The molecule has 4 atom stereocenters. The maximum Gasteiger partial charge on any atom is 0.310 e. The molecule has 1 aromatic carbocycles. The molecule has 3 rings (SSSR count). The van der Waals surface area contributed by atoms with Crippen molar-refractivity contribution in [3.63, 3.8) is 0 Å². The van der Waals surface area contributed by atoms with E-state index >= 15 is 0 Å². The summed E-state index contributed by atoms with van der Waals surface area (Å²) in [7, 11) is 3.02. The molecule has 0 aliphatic carbocycles. The number of fused-ring (bicyclic) bond motifs is 2. The number of carboxylic acid groups (broad SMARTS) is 1. The van der Waals surface area contributed by atoms with Gasteiger partial charge in [0.2, 0.25) is 5.91 Å². The van der Waals surface area contributed by atoms with Crippen LogP contribution in [0.25, 0.3) is 0 Å². The molecule has 0 aromatic heterocycles. The molecule has 1 fully saturated rings. The van der Waals surface area contributed by atoms with Crippen LogP contribution in [0.4, 0.5) is 5.69 Å². The Morgan fingerprint density at radius 1 is 1.09 bits per heavy atom. The topological polar surface area (TPSA) is 94.1 Å². The molecule has 2 aliphatic rings. The zero-order chi connectivity index (χ0) is 16.6. The summed E-state index contributed by atoms with van der Waals surface area (Å²) in [4.78, 5) is 23.9. The van der Waals surface area contributed by atoms with Gasteiger partial charge in [-0.1, -0.05) is 12.2 Å². The fraction of sp³-hybridized carbons (Fsp3) is 0.375. The van der Waals surface area contributed by atoms with Crippen LogP contribution in [0.1, 0.15) is 0 Å². The summed E-state index contributed by atoms with van der Waals surface area (Å²) in [5.41, 5.74) is 0.503. The van der Waals surface area contributed by atoms with Gasteiger partial charge in [-0.25, -0.2) is 0 Å². The van der Waals surface area contributed by atoms with Gasteiger partial charge in [0, 0.05) is 11.8 Å². The van der Waals surface area contributed by atoms with Gasteiger partial charge in [-0.3, -0.25) is 9.59 Å². The van der Waals surface area contributed by atoms with Gasteiger partial charge >= 0.3 is 5.97 Å². The van der Waals surface area contributed by atoms with Crippen molar-refractivity contribution in [3.8, 4) is 11.5 Å². The Labute approximate surface area is 132 Å². The van der Waals surface area contributed by atoms with Gasteiger partial charge in [0.1, 0.15) is 5.92 Å². The van der Waals surface area contributed by atoms with Gasteiger partial charge in [0.05, 0.1) is 32.3 Å². The molecule has 2 aliphatic heterocycles. The number of benzene rings is 1. The van der Waals surface area contributed by atoms with Gasteiger partial charge in [-0.05, 0) is 12.1 Å². The van der Waals surface area contributed by atoms with Crippen LogP contribution in [0, 0.1) is 11.8 Å². The minimum Gasteiger partial charge on any atom is -0.493 e. The molecule has 7 nitrogen and oxygen atoms in total. The van der Waals surface area contributed by atoms with Crippen LogP contribution >= 0.6 is 0 Å². The zero-order valence-corrected chi connectivity index (χ0v) is 12.7. The van der Waals surface area contributed by atoms with Crippen LogP contribution < -0.4 is 14.8 Å². The molecule has 0 saturated carbocycles. The molecule has 0 unspecified atom stereocenters. The van der Waals surface area contributed by atoms with Crippen LogP contribution in [0.2, 0.25) is 0 Å². The number of anilines is 1. The number of rotatable bonds is 5. The van der Waals surface area contributed by atoms with Crippen molar-refractivity contribution in [2.24, 2.45) is 11.8 Å². The predicted octanol–water partition coefficient (Wildman–Crippen LogP) is 1.30. The molecule has 2 N–H and O–H groups in total. The number of ether oxygens (including phenoxy) is 3. The minimum atomic E-state index is -1.03. The molecule has 0 radical (unpaired) electrons. The van der Waals surface area contributed by atoms with Gasteiger partial charge in [-0.2, -0.15) is 0 Å². The van der Waals surface area contributed by atoms with E-state index in [0.717, 1.165) is 0 Å². The van der Waals surface area contributed by atoms with E-state index in [1.807, 2.05) is 0 Å². The van der Waals surface area contributed by atoms with Gasteiger partial charge in [0.25, 0.3) is 0 Å². The summed E-state index contributed by atoms with van der Waals surface area (Å²) in [6.45, 7) is 0. The molecule has 1 amide bonds. The van der Waals surface area contributed by atoms with E-state index in [1.165, 1.54) is 14.2 Å². The fourth-order valence-electron chi connectivity index (χ4n) is 3.05. The third-order valence-corrected chi connectivity index (χ3v) is 4.14. The Morgan fingerprint density at radius 2 is 1.74 bits per heavy atom. The van der Waals surface area contributed by atoms with Crippen LogP contribution in [0.5, 0.6) is 11.5 Å². The van der Waals surface area contributed by atoms with Gasteiger partial charge < -0.3 is 24.6 Å². The lowest BCUT2D eigenvalue weighted by molar-refractivity contribution is -0.145. The summed E-state index contributed by atoms with van der Waals surface area (Å²) in [6.07, 6.45) is 2.40. The second kappa shape index (κ2) is 5.92. The number of hydrogen-bond acceptors (Lipinski definition) is 5. The molecule has 7 heteroatoms. The molecule has 0 spiro atoms. The Morgan fingerprint density at radius 3 is 2.35 bits per heavy atom. The quantitative estimate of drug-likeness (QED) is 0.795. The lowest BCUT2D eigenvalue weighted by Crippen LogP contribution is -2.39. The number of aliphatic carboxylic acids is 1. The van der Waals surface area contributed by atoms with Crippen LogP contribution in [0.15, 0.2) is 30.4 Å². The van der Waals surface area contributed by atoms with Crippen molar-refractivity contribution in [1.82, 2.24) is 0 Å². The number of nitrogens with one attached hydrogen (secondary N) is 1. The van der Waals surface area contributed by atoms with Crippen LogP contribution in [-0.2, 0) is 14.3 Å². The average molecular weight is 319 g/mol. The van der Waals surface area contributed by atoms with Crippen molar-refractivity contribution >= 4 is 17.6 Å². The lowest BCUT2D eigenvalue weighted by Gasteiger charge is -2.21. The number of carbonyl (C=O) groups excluding carboxylic acids is 1. The molecule has 2 heterocycles. The highest BCUT2D eigenvalue weighted by Crippen LogP contribution is 2.40. The highest BCUT2D eigenvalue weighted by molar-refractivity contribution is 5.96. The predicted molar refractivity (Wildman–Crippen MR) is 80.6 cm³/mol. The van der Waals surface area contributed by atoms with Crippen LogP contribution in [0.3, 0.4) is 0 Å². The Bertz CT molecular complexity index is 671. The number of carboxylic acids is 1. The zero-order valence-electron chi connectivity index (χ0n) is 12.7. The fourth-order valence-corrected chi connectivity index (χ4v) is 3.05. The van der Waals surface area contributed by atoms with E-state index < -0.39 is 30.0 Å². The smallest absolute Gasteiger partial charge is 0.310 e. The summed E-state index contributed by atoms with van der Waals surface area (Å²) in [5, 5.41) is 12.1. The van der Waals surface area contributed by atoms with Crippen molar-refractivity contribution in [3.05, 3.63) is 30.4 Å². The van der Waals surface area contributed by atoms with E-state index in [2.05, 4.69) is 5.32 Å². The van der Waals surface area contributed by atoms with E-state index in [9.17, 15) is 14.7 Å². The number of methoxy groups -OCH3 is 2. The molecule has 23 heavy (non-hydrogen) atoms. The van der Waals surface area contributed by atoms with E-state index in [0.29, 0.717) is 17.2 Å². The van der Waals surface area contributed by atoms with E-state index in [1.54, 1.807) is 30.4 Å². The Kier molecular flexibility index (Phi) is 3.96. The number of hydrogen-bond donors (Lipinski definition) is 2. The van der Waals surface area contributed by atoms with Crippen molar-refractivity contribution in [2.45, 2.75) is 12.2 Å². The second-order valence-electron chi connectivity index (χ2n) is 5.40. The molecule has 1 saturated heterocycles. The Balaban J connectivity index is 1.79. The van der Waals surface area contributed by atoms with E-state index in [-0.39, 0.29) is 5.91 Å². The first-order chi connectivity index (χ1) is 11.0. The summed E-state index contributed by atoms with van der Waals surface area (Å²) >= 11 is 0. The number of amides is 1. The summed E-state index contributed by atoms with van der Waals surface area (Å²) in [6, 6.07) is 4.95. The molecular formula is C16H17NO6. The normalized spacial score (nSPS) is 27.7. The lowest BCUT2D eigenvalue weighted by atomic mass is 9.82. The summed E-state index contributed by atoms with van der Waals surface area (Å²) in [5.74, 6) is -2.03. The van der Waals surface area contributed by atoms with Crippen molar-refractivity contribution in [2.75, 3.05) is 19.5 Å². The monoisotopic (exact) mass is 319 g/mol.